The molecule has 0 saturated heterocycles. The largest absolute Gasteiger partial charge is 0.311 e. The molecule has 7 rings (SSSR count). The summed E-state index contributed by atoms with van der Waals surface area (Å²) in [6, 6.07) is 63.2. The molecule has 0 saturated carbocycles. The molecule has 2 unspecified atom stereocenters. The van der Waals surface area contributed by atoms with Crippen LogP contribution in [0.3, 0.4) is 0 Å². The first kappa shape index (κ1) is 38.8. The Kier molecular flexibility index (Phi) is 12.8. The molecule has 0 spiro atoms. The lowest BCUT2D eigenvalue weighted by Crippen LogP contribution is -2.11. The molecular weight excluding hydrogens is 689 g/mol. The predicted octanol–water partition coefficient (Wildman–Crippen LogP) is 15.2. The Hall–Kier alpha value is -6.51. The maximum absolute atomic E-state index is 4.79. The van der Waals surface area contributed by atoms with Crippen LogP contribution in [-0.2, 0) is 6.42 Å². The average molecular weight is 741 g/mol. The molecule has 2 heteroatoms. The standard InChI is InChI=1S/C55H52N2/c1-5-41(3)35-49(37-44(6-2)46-31-33-54(34-32-46)57(52-23-15-9-16-24-52)53-25-17-10-18-26-53)51-38-50(39-56-40-51)47-29-27-45(28-30-47)42(4)55(48-21-13-8-14-22-48)36-43-19-11-7-12-20-43/h6-35,37-40,42,55H,5,36H2,1-4H3. The first-order chi connectivity index (χ1) is 28.0. The lowest BCUT2D eigenvalue weighted by atomic mass is 9.79. The summed E-state index contributed by atoms with van der Waals surface area (Å²) in [5.74, 6) is 0.713. The van der Waals surface area contributed by atoms with E-state index in [-0.39, 0.29) is 0 Å². The summed E-state index contributed by atoms with van der Waals surface area (Å²) in [5.41, 5.74) is 15.6. The molecule has 1 aromatic heterocycles. The first-order valence-electron chi connectivity index (χ1n) is 20.2. The maximum atomic E-state index is 4.79. The van der Waals surface area contributed by atoms with Gasteiger partial charge in [0, 0.05) is 40.6 Å². The highest BCUT2D eigenvalue weighted by Gasteiger charge is 2.22. The van der Waals surface area contributed by atoms with E-state index in [2.05, 4.69) is 227 Å². The summed E-state index contributed by atoms with van der Waals surface area (Å²) in [6.45, 7) is 8.90. The minimum atomic E-state index is 0.343. The van der Waals surface area contributed by atoms with Crippen LogP contribution in [0.5, 0.6) is 0 Å². The molecule has 282 valence electrons. The van der Waals surface area contributed by atoms with Crippen LogP contribution in [-0.4, -0.2) is 4.98 Å². The van der Waals surface area contributed by atoms with Gasteiger partial charge in [-0.25, -0.2) is 0 Å². The number of benzene rings is 6. The molecule has 1 heterocycles. The molecule has 6 aromatic carbocycles. The van der Waals surface area contributed by atoms with E-state index in [9.17, 15) is 0 Å². The number of anilines is 3. The lowest BCUT2D eigenvalue weighted by Gasteiger charge is -2.25. The van der Waals surface area contributed by atoms with Crippen molar-refractivity contribution in [1.82, 2.24) is 4.98 Å². The van der Waals surface area contributed by atoms with Gasteiger partial charge in [0.2, 0.25) is 0 Å². The topological polar surface area (TPSA) is 16.1 Å². The van der Waals surface area contributed by atoms with Crippen LogP contribution < -0.4 is 4.90 Å². The highest BCUT2D eigenvalue weighted by Crippen LogP contribution is 2.38. The Labute approximate surface area is 340 Å². The van der Waals surface area contributed by atoms with Crippen molar-refractivity contribution in [2.75, 3.05) is 4.90 Å². The molecule has 0 N–H and O–H groups in total. The van der Waals surface area contributed by atoms with E-state index >= 15 is 0 Å². The quantitative estimate of drug-likeness (QED) is 0.103. The molecule has 0 aliphatic carbocycles. The van der Waals surface area contributed by atoms with E-state index in [0.717, 1.165) is 57.7 Å². The van der Waals surface area contributed by atoms with Gasteiger partial charge in [-0.3, -0.25) is 4.98 Å². The third-order valence-corrected chi connectivity index (χ3v) is 11.0. The number of pyridine rings is 1. The second kappa shape index (κ2) is 18.9. The van der Waals surface area contributed by atoms with Gasteiger partial charge in [0.15, 0.2) is 0 Å². The monoisotopic (exact) mass is 740 g/mol. The predicted molar refractivity (Wildman–Crippen MR) is 244 cm³/mol. The summed E-state index contributed by atoms with van der Waals surface area (Å²) < 4.78 is 0. The molecule has 2 atom stereocenters. The number of aromatic nitrogens is 1. The Balaban J connectivity index is 1.16. The highest BCUT2D eigenvalue weighted by atomic mass is 15.1. The van der Waals surface area contributed by atoms with Crippen LogP contribution in [0.4, 0.5) is 17.1 Å². The fraction of sp³-hybridized carbons (Fsp3) is 0.145. The van der Waals surface area contributed by atoms with Crippen LogP contribution in [0.2, 0.25) is 0 Å². The fourth-order valence-corrected chi connectivity index (χ4v) is 7.60. The van der Waals surface area contributed by atoms with Crippen molar-refractivity contribution < 1.29 is 0 Å². The highest BCUT2D eigenvalue weighted by molar-refractivity contribution is 5.89. The molecule has 0 amide bonds. The maximum Gasteiger partial charge on any atom is 0.0462 e. The van der Waals surface area contributed by atoms with Gasteiger partial charge in [0.1, 0.15) is 0 Å². The van der Waals surface area contributed by atoms with Gasteiger partial charge in [-0.05, 0) is 126 Å². The normalized spacial score (nSPS) is 13.2. The van der Waals surface area contributed by atoms with Crippen LogP contribution in [0, 0.1) is 0 Å². The van der Waals surface area contributed by atoms with E-state index in [1.54, 1.807) is 0 Å². The summed E-state index contributed by atoms with van der Waals surface area (Å²) in [6.07, 6.45) is 12.8. The Morgan fingerprint density at radius 2 is 1.12 bits per heavy atom. The van der Waals surface area contributed by atoms with Crippen LogP contribution >= 0.6 is 0 Å². The Bertz CT molecular complexity index is 2370. The SMILES string of the molecule is CC=C(C=C(C=C(C)CC)c1cncc(-c2ccc(C(C)C(Cc3ccccc3)c3ccccc3)cc2)c1)c1ccc(N(c2ccccc2)c2ccccc2)cc1. The third-order valence-electron chi connectivity index (χ3n) is 11.0. The van der Waals surface area contributed by atoms with Gasteiger partial charge in [-0.1, -0.05) is 165 Å². The zero-order valence-electron chi connectivity index (χ0n) is 33.6. The minimum absolute atomic E-state index is 0.343. The van der Waals surface area contributed by atoms with E-state index < -0.39 is 0 Å². The Morgan fingerprint density at radius 1 is 0.561 bits per heavy atom. The van der Waals surface area contributed by atoms with Crippen LogP contribution in [0.1, 0.15) is 73.8 Å². The molecular formula is C55H52N2. The number of rotatable bonds is 14. The van der Waals surface area contributed by atoms with Crippen molar-refractivity contribution in [1.29, 1.82) is 0 Å². The molecule has 2 nitrogen and oxygen atoms in total. The van der Waals surface area contributed by atoms with Crippen LogP contribution in [0.15, 0.2) is 212 Å². The summed E-state index contributed by atoms with van der Waals surface area (Å²) in [7, 11) is 0. The third kappa shape index (κ3) is 9.66. The minimum Gasteiger partial charge on any atom is -0.311 e. The molecule has 0 fully saturated rings. The molecule has 0 radical (unpaired) electrons. The van der Waals surface area contributed by atoms with Gasteiger partial charge in [0.05, 0.1) is 0 Å². The number of nitrogens with zero attached hydrogens (tertiary/aromatic N) is 2. The van der Waals surface area contributed by atoms with Crippen molar-refractivity contribution in [2.24, 2.45) is 0 Å². The first-order valence-corrected chi connectivity index (χ1v) is 20.2. The molecule has 0 aliphatic heterocycles. The summed E-state index contributed by atoms with van der Waals surface area (Å²) >= 11 is 0. The van der Waals surface area contributed by atoms with E-state index in [4.69, 9.17) is 4.98 Å². The number of para-hydroxylation sites is 2. The Morgan fingerprint density at radius 3 is 1.70 bits per heavy atom. The number of hydrogen-bond donors (Lipinski definition) is 0. The van der Waals surface area contributed by atoms with Crippen molar-refractivity contribution in [3.8, 4) is 11.1 Å². The van der Waals surface area contributed by atoms with Gasteiger partial charge in [-0.15, -0.1) is 0 Å². The summed E-state index contributed by atoms with van der Waals surface area (Å²) in [5, 5.41) is 0. The van der Waals surface area contributed by atoms with Crippen molar-refractivity contribution >= 4 is 28.2 Å². The van der Waals surface area contributed by atoms with Gasteiger partial charge >= 0.3 is 0 Å². The van der Waals surface area contributed by atoms with E-state index in [1.165, 1.54) is 27.8 Å². The van der Waals surface area contributed by atoms with Gasteiger partial charge < -0.3 is 4.90 Å². The second-order valence-corrected chi connectivity index (χ2v) is 14.8. The van der Waals surface area contributed by atoms with Crippen LogP contribution in [0.25, 0.3) is 22.3 Å². The fourth-order valence-electron chi connectivity index (χ4n) is 7.60. The molecule has 0 bridgehead atoms. The molecule has 0 aliphatic rings. The average Bonchev–Trinajstić information content (AvgIpc) is 3.28. The van der Waals surface area contributed by atoms with Gasteiger partial charge in [0.25, 0.3) is 0 Å². The van der Waals surface area contributed by atoms with Crippen molar-refractivity contribution in [3.63, 3.8) is 0 Å². The van der Waals surface area contributed by atoms with E-state index in [1.807, 2.05) is 12.4 Å². The zero-order valence-corrected chi connectivity index (χ0v) is 33.6. The van der Waals surface area contributed by atoms with E-state index in [0.29, 0.717) is 11.8 Å². The smallest absolute Gasteiger partial charge is 0.0462 e. The number of allylic oxidation sites excluding steroid dienone is 6. The molecule has 7 aromatic rings. The lowest BCUT2D eigenvalue weighted by molar-refractivity contribution is 0.572. The van der Waals surface area contributed by atoms with Crippen molar-refractivity contribution in [2.45, 2.75) is 52.4 Å². The number of hydrogen-bond acceptors (Lipinski definition) is 2. The van der Waals surface area contributed by atoms with Gasteiger partial charge in [-0.2, -0.15) is 0 Å². The zero-order chi connectivity index (χ0) is 39.4. The van der Waals surface area contributed by atoms with Crippen molar-refractivity contribution in [3.05, 3.63) is 240 Å². The molecule has 57 heavy (non-hydrogen) atoms. The summed E-state index contributed by atoms with van der Waals surface area (Å²) in [4.78, 5) is 7.08. The second-order valence-electron chi connectivity index (χ2n) is 14.8.